The molecule has 0 unspecified atom stereocenters. The molecule has 2 saturated carbocycles. The maximum Gasteiger partial charge on any atom is 0.291 e. The maximum atomic E-state index is 13.1. The van der Waals surface area contributed by atoms with Crippen molar-refractivity contribution in [1.82, 2.24) is 29.3 Å². The van der Waals surface area contributed by atoms with E-state index in [1.165, 1.54) is 31.5 Å². The van der Waals surface area contributed by atoms with Crippen molar-refractivity contribution < 1.29 is 14.7 Å². The van der Waals surface area contributed by atoms with Crippen molar-refractivity contribution in [3.63, 3.8) is 0 Å². The van der Waals surface area contributed by atoms with Crippen LogP contribution in [0, 0.1) is 5.92 Å². The Morgan fingerprint density at radius 1 is 1.17 bits per heavy atom. The second-order valence-electron chi connectivity index (χ2n) is 10.4. The highest BCUT2D eigenvalue weighted by molar-refractivity contribution is 5.97. The number of carbonyl (C=O) groups excluding carboxylic acids is 2. The summed E-state index contributed by atoms with van der Waals surface area (Å²) in [4.78, 5) is 43.0. The van der Waals surface area contributed by atoms with Crippen LogP contribution in [0.4, 0.5) is 0 Å². The number of nitrogens with zero attached hydrogens (tertiary/aromatic N) is 5. The van der Waals surface area contributed by atoms with E-state index in [-0.39, 0.29) is 29.3 Å². The second-order valence-corrected chi connectivity index (χ2v) is 10.4. The van der Waals surface area contributed by atoms with Gasteiger partial charge in [0, 0.05) is 56.4 Å². The van der Waals surface area contributed by atoms with Crippen LogP contribution in [-0.4, -0.2) is 79.2 Å². The number of hydrogen-bond donors (Lipinski definition) is 2. The number of nitrogens with one attached hydrogen (secondary N) is 1. The molecule has 2 aromatic rings. The zero-order valence-electron chi connectivity index (χ0n) is 20.4. The summed E-state index contributed by atoms with van der Waals surface area (Å²) in [5.74, 6) is -0.909. The van der Waals surface area contributed by atoms with E-state index in [1.807, 2.05) is 18.7 Å². The summed E-state index contributed by atoms with van der Waals surface area (Å²) in [6.45, 7) is 7.54. The summed E-state index contributed by atoms with van der Waals surface area (Å²) in [5.41, 5.74) is -0.0745. The molecule has 0 spiro atoms. The average Bonchev–Trinajstić information content (AvgIpc) is 3.49. The summed E-state index contributed by atoms with van der Waals surface area (Å²) in [5, 5.41) is 18.0. The van der Waals surface area contributed by atoms with Crippen LogP contribution in [0.5, 0.6) is 5.88 Å². The Morgan fingerprint density at radius 2 is 1.89 bits per heavy atom. The first-order valence-corrected chi connectivity index (χ1v) is 12.7. The first kappa shape index (κ1) is 23.6. The van der Waals surface area contributed by atoms with Gasteiger partial charge in [0.05, 0.1) is 6.20 Å². The summed E-state index contributed by atoms with van der Waals surface area (Å²) >= 11 is 0. The van der Waals surface area contributed by atoms with Crippen molar-refractivity contribution in [3.8, 4) is 5.88 Å². The van der Waals surface area contributed by atoms with Crippen molar-refractivity contribution >= 4 is 23.5 Å². The number of aromatic nitrogens is 3. The Labute approximate surface area is 204 Å². The van der Waals surface area contributed by atoms with E-state index in [1.54, 1.807) is 10.6 Å². The minimum Gasteiger partial charge on any atom is -0.494 e. The molecule has 3 aliphatic rings. The van der Waals surface area contributed by atoms with Crippen LogP contribution in [0.25, 0.3) is 11.7 Å². The summed E-state index contributed by atoms with van der Waals surface area (Å²) < 4.78 is 2.69. The van der Waals surface area contributed by atoms with Crippen LogP contribution < -0.4 is 10.9 Å². The van der Waals surface area contributed by atoms with Gasteiger partial charge in [-0.25, -0.2) is 0 Å². The third-order valence-electron chi connectivity index (χ3n) is 7.22. The lowest BCUT2D eigenvalue weighted by atomic mass is 9.91. The number of piperazine rings is 1. The lowest BCUT2D eigenvalue weighted by molar-refractivity contribution is -0.128. The van der Waals surface area contributed by atoms with Crippen molar-refractivity contribution in [3.05, 3.63) is 33.8 Å². The van der Waals surface area contributed by atoms with Crippen molar-refractivity contribution in [2.45, 2.75) is 64.6 Å². The molecule has 0 radical (unpaired) electrons. The van der Waals surface area contributed by atoms with Crippen LogP contribution in [0.3, 0.4) is 0 Å². The Kier molecular flexibility index (Phi) is 6.39. The fourth-order valence-electron chi connectivity index (χ4n) is 4.88. The molecule has 35 heavy (non-hydrogen) atoms. The summed E-state index contributed by atoms with van der Waals surface area (Å²) in [7, 11) is 0. The van der Waals surface area contributed by atoms with Gasteiger partial charge in [0.2, 0.25) is 11.8 Å². The topological polar surface area (TPSA) is 112 Å². The fourth-order valence-corrected chi connectivity index (χ4v) is 4.88. The standard InChI is InChI=1S/C25H34N6O4/c1-16(2)15-30-23-17(6-9-20(32)29-12-10-28(11-13-29)19-4-3-5-19)14-26-31(23)25(35)21(24(30)34)22(33)27-18-7-8-18/h6,9,14,16,18-19,34H,3-5,7-8,10-13,15H2,1-2H3,(H,27,33)/b9-6+. The van der Waals surface area contributed by atoms with Crippen molar-refractivity contribution in [2.75, 3.05) is 26.2 Å². The molecule has 1 aliphatic heterocycles. The molecule has 2 amide bonds. The van der Waals surface area contributed by atoms with Crippen LogP contribution in [-0.2, 0) is 11.3 Å². The van der Waals surface area contributed by atoms with E-state index in [9.17, 15) is 19.5 Å². The highest BCUT2D eigenvalue weighted by Crippen LogP contribution is 2.26. The van der Waals surface area contributed by atoms with Gasteiger partial charge < -0.3 is 15.3 Å². The molecule has 10 nitrogen and oxygen atoms in total. The molecule has 3 heterocycles. The van der Waals surface area contributed by atoms with Gasteiger partial charge in [-0.1, -0.05) is 20.3 Å². The SMILES string of the molecule is CC(C)Cn1c(O)c(C(=O)NC2CC2)c(=O)n2ncc(/C=C/C(=O)N3CCN(C4CCC4)CC3)c12. The van der Waals surface area contributed by atoms with Gasteiger partial charge in [0.25, 0.3) is 11.5 Å². The zero-order valence-corrected chi connectivity index (χ0v) is 20.4. The number of amides is 2. The van der Waals surface area contributed by atoms with E-state index in [0.29, 0.717) is 36.9 Å². The maximum absolute atomic E-state index is 13.1. The van der Waals surface area contributed by atoms with Gasteiger partial charge >= 0.3 is 0 Å². The molecule has 10 heteroatoms. The molecule has 3 fully saturated rings. The number of carbonyl (C=O) groups is 2. The highest BCUT2D eigenvalue weighted by Gasteiger charge is 2.31. The molecular formula is C25H34N6O4. The molecule has 2 N–H and O–H groups in total. The Morgan fingerprint density at radius 3 is 2.49 bits per heavy atom. The van der Waals surface area contributed by atoms with Crippen LogP contribution >= 0.6 is 0 Å². The molecule has 0 atom stereocenters. The van der Waals surface area contributed by atoms with E-state index >= 15 is 0 Å². The zero-order chi connectivity index (χ0) is 24.7. The molecular weight excluding hydrogens is 448 g/mol. The minimum absolute atomic E-state index is 0.0493. The van der Waals surface area contributed by atoms with Crippen LogP contribution in [0.15, 0.2) is 17.1 Å². The normalized spacial score (nSPS) is 19.6. The lowest BCUT2D eigenvalue weighted by Crippen LogP contribution is -2.53. The summed E-state index contributed by atoms with van der Waals surface area (Å²) in [6.07, 6.45) is 10.2. The Hall–Kier alpha value is -3.14. The van der Waals surface area contributed by atoms with Gasteiger partial charge in [-0.15, -0.1) is 0 Å². The summed E-state index contributed by atoms with van der Waals surface area (Å²) in [6, 6.07) is 0.733. The lowest BCUT2D eigenvalue weighted by Gasteiger charge is -2.42. The largest absolute Gasteiger partial charge is 0.494 e. The third-order valence-corrected chi connectivity index (χ3v) is 7.22. The van der Waals surface area contributed by atoms with Crippen molar-refractivity contribution in [1.29, 1.82) is 0 Å². The van der Waals surface area contributed by atoms with E-state index in [0.717, 1.165) is 30.4 Å². The van der Waals surface area contributed by atoms with Gasteiger partial charge in [0.1, 0.15) is 5.65 Å². The number of rotatable bonds is 7. The molecule has 5 rings (SSSR count). The fraction of sp³-hybridized carbons (Fsp3) is 0.600. The van der Waals surface area contributed by atoms with E-state index < -0.39 is 11.5 Å². The van der Waals surface area contributed by atoms with E-state index in [2.05, 4.69) is 15.3 Å². The third kappa shape index (κ3) is 4.71. The first-order chi connectivity index (χ1) is 16.8. The predicted molar refractivity (Wildman–Crippen MR) is 131 cm³/mol. The quantitative estimate of drug-likeness (QED) is 0.578. The Bertz CT molecular complexity index is 1210. The number of hydrogen-bond acceptors (Lipinski definition) is 6. The van der Waals surface area contributed by atoms with E-state index in [4.69, 9.17) is 0 Å². The number of fused-ring (bicyclic) bond motifs is 1. The highest BCUT2D eigenvalue weighted by atomic mass is 16.3. The van der Waals surface area contributed by atoms with Crippen molar-refractivity contribution in [2.24, 2.45) is 5.92 Å². The monoisotopic (exact) mass is 482 g/mol. The minimum atomic E-state index is -0.672. The molecule has 0 aromatic carbocycles. The Balaban J connectivity index is 1.41. The number of aromatic hydroxyl groups is 1. The van der Waals surface area contributed by atoms with Crippen LogP contribution in [0.1, 0.15) is 61.9 Å². The van der Waals surface area contributed by atoms with Gasteiger partial charge in [0.15, 0.2) is 5.56 Å². The van der Waals surface area contributed by atoms with Crippen LogP contribution in [0.2, 0.25) is 0 Å². The molecule has 0 bridgehead atoms. The molecule has 2 aromatic heterocycles. The smallest absolute Gasteiger partial charge is 0.291 e. The second kappa shape index (κ2) is 9.49. The van der Waals surface area contributed by atoms with Gasteiger partial charge in [-0.2, -0.15) is 9.61 Å². The first-order valence-electron chi connectivity index (χ1n) is 12.7. The molecule has 188 valence electrons. The van der Waals surface area contributed by atoms with Gasteiger partial charge in [-0.3, -0.25) is 23.9 Å². The van der Waals surface area contributed by atoms with Gasteiger partial charge in [-0.05, 0) is 37.7 Å². The average molecular weight is 483 g/mol. The molecule has 2 aliphatic carbocycles. The predicted octanol–water partition coefficient (Wildman–Crippen LogP) is 1.46. The molecule has 1 saturated heterocycles.